The molecule has 2 heterocycles. The van der Waals surface area contributed by atoms with E-state index in [1.165, 1.54) is 0 Å². The van der Waals surface area contributed by atoms with Crippen LogP contribution in [0.5, 0.6) is 0 Å². The van der Waals surface area contributed by atoms with Crippen LogP contribution in [0.3, 0.4) is 0 Å². The number of aromatic nitrogens is 2. The van der Waals surface area contributed by atoms with E-state index in [0.29, 0.717) is 11.8 Å². The first-order chi connectivity index (χ1) is 8.43. The Morgan fingerprint density at radius 3 is 2.42 bits per heavy atom. The minimum atomic E-state index is 0. The van der Waals surface area contributed by atoms with Crippen molar-refractivity contribution in [2.45, 2.75) is 0 Å². The van der Waals surface area contributed by atoms with Gasteiger partial charge in [0.1, 0.15) is 0 Å². The van der Waals surface area contributed by atoms with Crippen molar-refractivity contribution in [3.8, 4) is 11.5 Å². The molecule has 0 aliphatic carbocycles. The Labute approximate surface area is 124 Å². The third-order valence-electron chi connectivity index (χ3n) is 2.84. The van der Waals surface area contributed by atoms with Gasteiger partial charge in [-0.15, -0.1) is 24.8 Å². The zero-order chi connectivity index (χ0) is 11.5. The molecule has 0 bridgehead atoms. The van der Waals surface area contributed by atoms with Gasteiger partial charge in [0, 0.05) is 31.7 Å². The van der Waals surface area contributed by atoms with E-state index in [4.69, 9.17) is 4.52 Å². The lowest BCUT2D eigenvalue weighted by Crippen LogP contribution is -2.44. The maximum atomic E-state index is 5.28. The summed E-state index contributed by atoms with van der Waals surface area (Å²) in [5, 5.41) is 7.32. The summed E-state index contributed by atoms with van der Waals surface area (Å²) >= 11 is 0. The number of piperazine rings is 1. The second kappa shape index (κ2) is 7.33. The van der Waals surface area contributed by atoms with E-state index in [0.717, 1.165) is 31.7 Å². The van der Waals surface area contributed by atoms with Crippen molar-refractivity contribution in [2.75, 3.05) is 31.1 Å². The molecule has 1 N–H and O–H groups in total. The molecule has 0 saturated carbocycles. The van der Waals surface area contributed by atoms with Crippen molar-refractivity contribution in [2.24, 2.45) is 0 Å². The summed E-state index contributed by atoms with van der Waals surface area (Å²) < 4.78 is 5.28. The molecule has 1 aromatic heterocycles. The molecule has 7 heteroatoms. The van der Waals surface area contributed by atoms with Gasteiger partial charge >= 0.3 is 0 Å². The highest BCUT2D eigenvalue weighted by molar-refractivity contribution is 5.85. The van der Waals surface area contributed by atoms with Crippen molar-refractivity contribution in [3.05, 3.63) is 30.3 Å². The highest BCUT2D eigenvalue weighted by Crippen LogP contribution is 2.19. The van der Waals surface area contributed by atoms with E-state index in [1.807, 2.05) is 30.3 Å². The van der Waals surface area contributed by atoms with Crippen LogP contribution in [-0.2, 0) is 0 Å². The number of hydrogen-bond donors (Lipinski definition) is 1. The lowest BCUT2D eigenvalue weighted by Gasteiger charge is -2.25. The van der Waals surface area contributed by atoms with Crippen LogP contribution in [-0.4, -0.2) is 36.3 Å². The summed E-state index contributed by atoms with van der Waals surface area (Å²) in [4.78, 5) is 6.56. The van der Waals surface area contributed by atoms with Crippen molar-refractivity contribution in [3.63, 3.8) is 0 Å². The molecule has 2 aromatic rings. The van der Waals surface area contributed by atoms with E-state index < -0.39 is 0 Å². The Morgan fingerprint density at radius 1 is 1.05 bits per heavy atom. The Hall–Kier alpha value is -1.30. The molecule has 0 radical (unpaired) electrons. The molecule has 1 aromatic carbocycles. The molecule has 1 fully saturated rings. The first-order valence-corrected chi connectivity index (χ1v) is 5.78. The molecular formula is C12H16Cl2N4O. The molecule has 1 aliphatic heterocycles. The van der Waals surface area contributed by atoms with Crippen LogP contribution in [0.1, 0.15) is 0 Å². The van der Waals surface area contributed by atoms with E-state index in [1.54, 1.807) is 0 Å². The maximum Gasteiger partial charge on any atom is 0.266 e. The summed E-state index contributed by atoms with van der Waals surface area (Å²) in [6.07, 6.45) is 0. The van der Waals surface area contributed by atoms with E-state index in [9.17, 15) is 0 Å². The normalized spacial score (nSPS) is 14.4. The van der Waals surface area contributed by atoms with E-state index >= 15 is 0 Å². The number of anilines is 1. The monoisotopic (exact) mass is 302 g/mol. The first-order valence-electron chi connectivity index (χ1n) is 5.78. The van der Waals surface area contributed by atoms with Gasteiger partial charge in [0.05, 0.1) is 0 Å². The largest absolute Gasteiger partial charge is 0.336 e. The minimum Gasteiger partial charge on any atom is -0.336 e. The predicted molar refractivity (Wildman–Crippen MR) is 79.3 cm³/mol. The number of nitrogens with zero attached hydrogens (tertiary/aromatic N) is 3. The fourth-order valence-corrected chi connectivity index (χ4v) is 1.91. The summed E-state index contributed by atoms with van der Waals surface area (Å²) in [5.74, 6) is 1.27. The standard InChI is InChI=1S/C12H14N4O.2ClH/c1-2-4-10(5-3-1)11-14-12(15-17-11)16-8-6-13-7-9-16;;/h1-5,13H,6-9H2;2*1H. The molecule has 5 nitrogen and oxygen atoms in total. The summed E-state index contributed by atoms with van der Waals surface area (Å²) in [5.41, 5.74) is 0.960. The number of hydrogen-bond acceptors (Lipinski definition) is 5. The first kappa shape index (κ1) is 15.8. The Kier molecular flexibility index (Phi) is 6.08. The van der Waals surface area contributed by atoms with Crippen molar-refractivity contribution < 1.29 is 4.52 Å². The zero-order valence-electron chi connectivity index (χ0n) is 10.3. The van der Waals surface area contributed by atoms with E-state index in [2.05, 4.69) is 20.4 Å². The Balaban J connectivity index is 0.000000902. The van der Waals surface area contributed by atoms with E-state index in [-0.39, 0.29) is 24.8 Å². The maximum absolute atomic E-state index is 5.28. The van der Waals surface area contributed by atoms with Crippen LogP contribution in [0.15, 0.2) is 34.9 Å². The average molecular weight is 303 g/mol. The van der Waals surface area contributed by atoms with Crippen LogP contribution in [0.4, 0.5) is 5.95 Å². The smallest absolute Gasteiger partial charge is 0.266 e. The van der Waals surface area contributed by atoms with Crippen molar-refractivity contribution in [1.82, 2.24) is 15.5 Å². The second-order valence-corrected chi connectivity index (χ2v) is 4.00. The zero-order valence-corrected chi connectivity index (χ0v) is 11.9. The number of halogens is 2. The minimum absolute atomic E-state index is 0. The molecular weight excluding hydrogens is 287 g/mol. The lowest BCUT2D eigenvalue weighted by molar-refractivity contribution is 0.427. The lowest BCUT2D eigenvalue weighted by atomic mass is 10.2. The predicted octanol–water partition coefficient (Wildman–Crippen LogP) is 1.99. The topological polar surface area (TPSA) is 54.2 Å². The van der Waals surface area contributed by atoms with Crippen LogP contribution in [0, 0.1) is 0 Å². The number of rotatable bonds is 2. The quantitative estimate of drug-likeness (QED) is 0.919. The van der Waals surface area contributed by atoms with Gasteiger partial charge in [-0.1, -0.05) is 18.2 Å². The van der Waals surface area contributed by atoms with Gasteiger partial charge < -0.3 is 14.7 Å². The van der Waals surface area contributed by atoms with Gasteiger partial charge in [-0.05, 0) is 17.3 Å². The van der Waals surface area contributed by atoms with Crippen LogP contribution in [0.2, 0.25) is 0 Å². The molecule has 3 rings (SSSR count). The van der Waals surface area contributed by atoms with Gasteiger partial charge in [0.2, 0.25) is 0 Å². The molecule has 19 heavy (non-hydrogen) atoms. The highest BCUT2D eigenvalue weighted by atomic mass is 35.5. The average Bonchev–Trinajstić information content (AvgIpc) is 2.90. The third-order valence-corrected chi connectivity index (χ3v) is 2.84. The summed E-state index contributed by atoms with van der Waals surface area (Å²) in [6, 6.07) is 9.83. The van der Waals surface area contributed by atoms with Crippen LogP contribution in [0.25, 0.3) is 11.5 Å². The van der Waals surface area contributed by atoms with Gasteiger partial charge in [0.25, 0.3) is 11.8 Å². The van der Waals surface area contributed by atoms with Gasteiger partial charge in [0.15, 0.2) is 0 Å². The summed E-state index contributed by atoms with van der Waals surface area (Å²) in [7, 11) is 0. The van der Waals surface area contributed by atoms with Gasteiger partial charge in [-0.2, -0.15) is 4.98 Å². The van der Waals surface area contributed by atoms with Crippen LogP contribution >= 0.6 is 24.8 Å². The molecule has 1 aliphatic rings. The number of nitrogens with one attached hydrogen (secondary N) is 1. The molecule has 0 spiro atoms. The SMILES string of the molecule is Cl.Cl.c1ccc(-c2nc(N3CCNCC3)no2)cc1. The Bertz CT molecular complexity index is 485. The summed E-state index contributed by atoms with van der Waals surface area (Å²) in [6.45, 7) is 3.78. The molecule has 1 saturated heterocycles. The fourth-order valence-electron chi connectivity index (χ4n) is 1.91. The van der Waals surface area contributed by atoms with Gasteiger partial charge in [-0.3, -0.25) is 0 Å². The fraction of sp³-hybridized carbons (Fsp3) is 0.333. The van der Waals surface area contributed by atoms with Crippen molar-refractivity contribution in [1.29, 1.82) is 0 Å². The van der Waals surface area contributed by atoms with Crippen LogP contribution < -0.4 is 10.2 Å². The van der Waals surface area contributed by atoms with Crippen molar-refractivity contribution >= 4 is 30.8 Å². The molecule has 0 amide bonds. The van der Waals surface area contributed by atoms with Gasteiger partial charge in [-0.25, -0.2) is 0 Å². The second-order valence-electron chi connectivity index (χ2n) is 4.00. The molecule has 0 atom stereocenters. The Morgan fingerprint density at radius 2 is 1.74 bits per heavy atom. The molecule has 0 unspecified atom stereocenters. The third kappa shape index (κ3) is 3.59. The molecule has 104 valence electrons. The number of benzene rings is 1. The highest BCUT2D eigenvalue weighted by Gasteiger charge is 2.16.